The Hall–Kier alpha value is -2.18. The molecule has 1 N–H and O–H groups in total. The molecule has 0 unspecified atom stereocenters. The Bertz CT molecular complexity index is 719. The number of ether oxygens (including phenoxy) is 1. The normalized spacial score (nSPS) is 20.9. The molecule has 0 saturated carbocycles. The number of hydrogen-bond acceptors (Lipinski definition) is 4. The lowest BCUT2D eigenvalue weighted by Gasteiger charge is -2.35. The maximum atomic E-state index is 13.0. The number of halogens is 1. The number of morpholine rings is 1. The van der Waals surface area contributed by atoms with Crippen molar-refractivity contribution in [1.29, 1.82) is 0 Å². The maximum absolute atomic E-state index is 13.0. The van der Waals surface area contributed by atoms with E-state index in [1.165, 1.54) is 12.1 Å². The van der Waals surface area contributed by atoms with Gasteiger partial charge in [0, 0.05) is 31.7 Å². The molecule has 1 aromatic carbocycles. The first-order chi connectivity index (χ1) is 12.5. The SMILES string of the molecule is C[C@H]1CN(CCCNC(=O)c2ccc(-c3ccc(F)cc3)o2)C[C@H](C)O1. The van der Waals surface area contributed by atoms with Crippen LogP contribution < -0.4 is 5.32 Å². The molecular formula is C20H25FN2O3. The summed E-state index contributed by atoms with van der Waals surface area (Å²) in [5.41, 5.74) is 0.737. The first-order valence-electron chi connectivity index (χ1n) is 9.03. The molecule has 0 bridgehead atoms. The molecule has 1 amide bonds. The van der Waals surface area contributed by atoms with Gasteiger partial charge in [-0.1, -0.05) is 0 Å². The molecule has 2 atom stereocenters. The molecule has 1 aromatic heterocycles. The van der Waals surface area contributed by atoms with E-state index < -0.39 is 0 Å². The molecule has 2 heterocycles. The zero-order valence-corrected chi connectivity index (χ0v) is 15.2. The quantitative estimate of drug-likeness (QED) is 0.803. The van der Waals surface area contributed by atoms with Crippen molar-refractivity contribution in [1.82, 2.24) is 10.2 Å². The van der Waals surface area contributed by atoms with Crippen molar-refractivity contribution >= 4 is 5.91 Å². The van der Waals surface area contributed by atoms with Crippen LogP contribution >= 0.6 is 0 Å². The van der Waals surface area contributed by atoms with Gasteiger partial charge in [0.2, 0.25) is 0 Å². The minimum Gasteiger partial charge on any atom is -0.451 e. The molecule has 26 heavy (non-hydrogen) atoms. The number of amides is 1. The van der Waals surface area contributed by atoms with Gasteiger partial charge in [0.15, 0.2) is 5.76 Å². The van der Waals surface area contributed by atoms with Crippen LogP contribution in [0.4, 0.5) is 4.39 Å². The van der Waals surface area contributed by atoms with E-state index in [9.17, 15) is 9.18 Å². The molecule has 140 valence electrons. The third kappa shape index (κ3) is 4.93. The van der Waals surface area contributed by atoms with E-state index in [1.54, 1.807) is 24.3 Å². The number of nitrogens with zero attached hydrogens (tertiary/aromatic N) is 1. The third-order valence-corrected chi connectivity index (χ3v) is 4.39. The Kier molecular flexibility index (Phi) is 6.06. The van der Waals surface area contributed by atoms with Crippen LogP contribution in [0.5, 0.6) is 0 Å². The van der Waals surface area contributed by atoms with Crippen molar-refractivity contribution in [2.24, 2.45) is 0 Å². The van der Waals surface area contributed by atoms with Crippen LogP contribution in [0.15, 0.2) is 40.8 Å². The van der Waals surface area contributed by atoms with Crippen LogP contribution in [0.25, 0.3) is 11.3 Å². The monoisotopic (exact) mass is 360 g/mol. The fourth-order valence-electron chi connectivity index (χ4n) is 3.29. The average molecular weight is 360 g/mol. The van der Waals surface area contributed by atoms with E-state index in [4.69, 9.17) is 9.15 Å². The maximum Gasteiger partial charge on any atom is 0.287 e. The predicted octanol–water partition coefficient (Wildman–Crippen LogP) is 3.31. The lowest BCUT2D eigenvalue weighted by Crippen LogP contribution is -2.46. The summed E-state index contributed by atoms with van der Waals surface area (Å²) in [7, 11) is 0. The van der Waals surface area contributed by atoms with Gasteiger partial charge >= 0.3 is 0 Å². The van der Waals surface area contributed by atoms with Crippen LogP contribution in [-0.4, -0.2) is 49.2 Å². The van der Waals surface area contributed by atoms with E-state index in [-0.39, 0.29) is 29.7 Å². The van der Waals surface area contributed by atoms with Gasteiger partial charge in [-0.15, -0.1) is 0 Å². The topological polar surface area (TPSA) is 54.7 Å². The predicted molar refractivity (Wildman–Crippen MR) is 97.5 cm³/mol. The van der Waals surface area contributed by atoms with E-state index >= 15 is 0 Å². The number of rotatable bonds is 6. The molecule has 1 saturated heterocycles. The van der Waals surface area contributed by atoms with E-state index in [2.05, 4.69) is 24.1 Å². The summed E-state index contributed by atoms with van der Waals surface area (Å²) in [6, 6.07) is 9.34. The largest absolute Gasteiger partial charge is 0.451 e. The summed E-state index contributed by atoms with van der Waals surface area (Å²) in [5, 5.41) is 2.88. The van der Waals surface area contributed by atoms with Crippen molar-refractivity contribution < 1.29 is 18.3 Å². The molecule has 0 aliphatic carbocycles. The second-order valence-electron chi connectivity index (χ2n) is 6.80. The Morgan fingerprint density at radius 2 is 1.85 bits per heavy atom. The Labute approximate surface area is 153 Å². The molecule has 2 aromatic rings. The van der Waals surface area contributed by atoms with Crippen molar-refractivity contribution in [3.63, 3.8) is 0 Å². The lowest BCUT2D eigenvalue weighted by molar-refractivity contribution is -0.0680. The molecule has 1 fully saturated rings. The van der Waals surface area contributed by atoms with Crippen molar-refractivity contribution in [3.05, 3.63) is 48.0 Å². The minimum atomic E-state index is -0.303. The second kappa shape index (κ2) is 8.47. The Morgan fingerprint density at radius 1 is 1.15 bits per heavy atom. The van der Waals surface area contributed by atoms with Gasteiger partial charge in [0.25, 0.3) is 5.91 Å². The number of carbonyl (C=O) groups is 1. The highest BCUT2D eigenvalue weighted by atomic mass is 19.1. The van der Waals surface area contributed by atoms with Gasteiger partial charge in [0.05, 0.1) is 12.2 Å². The first-order valence-corrected chi connectivity index (χ1v) is 9.03. The molecule has 1 aliphatic heterocycles. The number of nitrogens with one attached hydrogen (secondary N) is 1. The Morgan fingerprint density at radius 3 is 2.54 bits per heavy atom. The zero-order chi connectivity index (χ0) is 18.5. The zero-order valence-electron chi connectivity index (χ0n) is 15.2. The van der Waals surface area contributed by atoms with Gasteiger partial charge in [-0.2, -0.15) is 0 Å². The van der Waals surface area contributed by atoms with Gasteiger partial charge in [-0.25, -0.2) is 4.39 Å². The lowest BCUT2D eigenvalue weighted by atomic mass is 10.2. The molecule has 0 radical (unpaired) electrons. The summed E-state index contributed by atoms with van der Waals surface area (Å²) in [5.74, 6) is 0.272. The molecule has 5 nitrogen and oxygen atoms in total. The van der Waals surface area contributed by atoms with Crippen molar-refractivity contribution in [2.45, 2.75) is 32.5 Å². The fourth-order valence-corrected chi connectivity index (χ4v) is 3.29. The number of benzene rings is 1. The summed E-state index contributed by atoms with van der Waals surface area (Å²) in [4.78, 5) is 14.6. The van der Waals surface area contributed by atoms with E-state index in [1.807, 2.05) is 0 Å². The van der Waals surface area contributed by atoms with Crippen LogP contribution in [-0.2, 0) is 4.74 Å². The highest BCUT2D eigenvalue weighted by Gasteiger charge is 2.21. The molecule has 0 spiro atoms. The first kappa shape index (κ1) is 18.6. The van der Waals surface area contributed by atoms with E-state index in [0.717, 1.165) is 31.6 Å². The summed E-state index contributed by atoms with van der Waals surface area (Å²) >= 11 is 0. The number of hydrogen-bond donors (Lipinski definition) is 1. The Balaban J connectivity index is 1.44. The summed E-state index contributed by atoms with van der Waals surface area (Å²) < 4.78 is 24.3. The van der Waals surface area contributed by atoms with E-state index in [0.29, 0.717) is 12.3 Å². The standard InChI is InChI=1S/C20H25FN2O3/c1-14-12-23(13-15(2)25-14)11-3-10-22-20(24)19-9-8-18(26-19)16-4-6-17(21)7-5-16/h4-9,14-15H,3,10-13H2,1-2H3,(H,22,24)/t14-,15-/m0/s1. The molecule has 6 heteroatoms. The van der Waals surface area contributed by atoms with Crippen LogP contribution in [0.1, 0.15) is 30.8 Å². The van der Waals surface area contributed by atoms with Crippen LogP contribution in [0, 0.1) is 5.82 Å². The molecule has 1 aliphatic rings. The summed E-state index contributed by atoms with van der Waals surface area (Å²) in [6.45, 7) is 7.54. The van der Waals surface area contributed by atoms with Gasteiger partial charge in [-0.3, -0.25) is 9.69 Å². The van der Waals surface area contributed by atoms with Crippen molar-refractivity contribution in [3.8, 4) is 11.3 Å². The highest BCUT2D eigenvalue weighted by molar-refractivity contribution is 5.92. The van der Waals surface area contributed by atoms with Crippen molar-refractivity contribution in [2.75, 3.05) is 26.2 Å². The van der Waals surface area contributed by atoms with Crippen LogP contribution in [0.2, 0.25) is 0 Å². The summed E-state index contributed by atoms with van der Waals surface area (Å²) in [6.07, 6.45) is 1.37. The highest BCUT2D eigenvalue weighted by Crippen LogP contribution is 2.22. The second-order valence-corrected chi connectivity index (χ2v) is 6.80. The van der Waals surface area contributed by atoms with Crippen LogP contribution in [0.3, 0.4) is 0 Å². The molecular weight excluding hydrogens is 335 g/mol. The number of furan rings is 1. The average Bonchev–Trinajstić information content (AvgIpc) is 3.08. The number of carbonyl (C=O) groups excluding carboxylic acids is 1. The van der Waals surface area contributed by atoms with Gasteiger partial charge < -0.3 is 14.5 Å². The van der Waals surface area contributed by atoms with Gasteiger partial charge in [0.1, 0.15) is 11.6 Å². The smallest absolute Gasteiger partial charge is 0.287 e. The molecule has 3 rings (SSSR count). The third-order valence-electron chi connectivity index (χ3n) is 4.39. The van der Waals surface area contributed by atoms with Gasteiger partial charge in [-0.05, 0) is 56.7 Å². The fraction of sp³-hybridized carbons (Fsp3) is 0.450. The minimum absolute atomic E-state index is 0.234.